The minimum Gasteiger partial charge on any atom is -0.352 e. The molecule has 2 aromatic carbocycles. The second kappa shape index (κ2) is 6.75. The van der Waals surface area contributed by atoms with Crippen molar-refractivity contribution < 1.29 is 4.79 Å². The van der Waals surface area contributed by atoms with E-state index in [0.717, 1.165) is 34.2 Å². The maximum Gasteiger partial charge on any atom is 0.251 e. The van der Waals surface area contributed by atoms with Crippen molar-refractivity contribution in [2.24, 2.45) is 0 Å². The largest absolute Gasteiger partial charge is 0.352 e. The van der Waals surface area contributed by atoms with Gasteiger partial charge in [-0.15, -0.1) is 0 Å². The van der Waals surface area contributed by atoms with Gasteiger partial charge in [0.1, 0.15) is 5.82 Å². The van der Waals surface area contributed by atoms with Crippen LogP contribution in [0.15, 0.2) is 53.0 Å². The fourth-order valence-corrected chi connectivity index (χ4v) is 2.71. The monoisotopic (exact) mass is 357 g/mol. The molecule has 1 amide bonds. The van der Waals surface area contributed by atoms with Gasteiger partial charge in [0.05, 0.1) is 11.0 Å². The Morgan fingerprint density at radius 1 is 1.18 bits per heavy atom. The maximum absolute atomic E-state index is 12.0. The van der Waals surface area contributed by atoms with Gasteiger partial charge in [0.25, 0.3) is 5.91 Å². The zero-order valence-corrected chi connectivity index (χ0v) is 13.6. The lowest BCUT2D eigenvalue weighted by Crippen LogP contribution is -2.24. The first-order chi connectivity index (χ1) is 10.7. The fourth-order valence-electron chi connectivity index (χ4n) is 2.31. The number of aryl methyl sites for hydroxylation is 1. The topological polar surface area (TPSA) is 57.8 Å². The highest BCUT2D eigenvalue weighted by Crippen LogP contribution is 2.12. The van der Waals surface area contributed by atoms with Crippen LogP contribution in [0.4, 0.5) is 0 Å². The number of nitrogens with one attached hydrogen (secondary N) is 2. The predicted molar refractivity (Wildman–Crippen MR) is 90.9 cm³/mol. The number of hydrogen-bond donors (Lipinski definition) is 2. The minimum atomic E-state index is -0.0501. The normalized spacial score (nSPS) is 10.8. The molecule has 0 aliphatic rings. The van der Waals surface area contributed by atoms with E-state index in [9.17, 15) is 4.79 Å². The summed E-state index contributed by atoms with van der Waals surface area (Å²) >= 11 is 3.37. The van der Waals surface area contributed by atoms with Crippen LogP contribution in [0.3, 0.4) is 0 Å². The highest BCUT2D eigenvalue weighted by atomic mass is 79.9. The van der Waals surface area contributed by atoms with Gasteiger partial charge >= 0.3 is 0 Å². The van der Waals surface area contributed by atoms with Crippen LogP contribution in [0.5, 0.6) is 0 Å². The Morgan fingerprint density at radius 2 is 2.05 bits per heavy atom. The van der Waals surface area contributed by atoms with Gasteiger partial charge in [-0.3, -0.25) is 4.79 Å². The summed E-state index contributed by atoms with van der Waals surface area (Å²) < 4.78 is 0.905. The second-order valence-electron chi connectivity index (χ2n) is 5.07. The number of amides is 1. The van der Waals surface area contributed by atoms with E-state index in [-0.39, 0.29) is 5.91 Å². The van der Waals surface area contributed by atoms with Crippen molar-refractivity contribution in [1.82, 2.24) is 15.3 Å². The number of carbonyl (C=O) groups excluding carboxylic acids is 1. The number of carbonyl (C=O) groups is 1. The molecule has 4 nitrogen and oxygen atoms in total. The number of aromatic nitrogens is 2. The van der Waals surface area contributed by atoms with Gasteiger partial charge in [-0.25, -0.2) is 4.98 Å². The Balaban J connectivity index is 1.50. The first-order valence-corrected chi connectivity index (χ1v) is 7.99. The lowest BCUT2D eigenvalue weighted by Gasteiger charge is -2.04. The number of halogens is 1. The van der Waals surface area contributed by atoms with Crippen molar-refractivity contribution in [2.45, 2.75) is 12.8 Å². The van der Waals surface area contributed by atoms with E-state index in [2.05, 4.69) is 31.2 Å². The van der Waals surface area contributed by atoms with E-state index in [1.54, 1.807) is 6.07 Å². The summed E-state index contributed by atoms with van der Waals surface area (Å²) in [6, 6.07) is 15.3. The zero-order valence-electron chi connectivity index (χ0n) is 12.0. The number of nitrogens with zero attached hydrogens (tertiary/aromatic N) is 1. The summed E-state index contributed by atoms with van der Waals surface area (Å²) in [7, 11) is 0. The molecular weight excluding hydrogens is 342 g/mol. The van der Waals surface area contributed by atoms with Crippen molar-refractivity contribution >= 4 is 32.9 Å². The summed E-state index contributed by atoms with van der Waals surface area (Å²) in [5.74, 6) is 0.906. The molecule has 0 aliphatic heterocycles. The van der Waals surface area contributed by atoms with Crippen LogP contribution in [0.2, 0.25) is 0 Å². The highest BCUT2D eigenvalue weighted by molar-refractivity contribution is 9.10. The standard InChI is InChI=1S/C17H16BrN3O/c18-13-6-3-5-12(11-13)17(22)19-10-4-9-16-20-14-7-1-2-8-15(14)21-16/h1-3,5-8,11H,4,9-10H2,(H,19,22)(H,20,21). The third kappa shape index (κ3) is 3.54. The average molecular weight is 358 g/mol. The number of H-pyrrole nitrogens is 1. The molecular formula is C17H16BrN3O. The van der Waals surface area contributed by atoms with Crippen LogP contribution in [0.1, 0.15) is 22.6 Å². The van der Waals surface area contributed by atoms with Crippen LogP contribution in [0, 0.1) is 0 Å². The van der Waals surface area contributed by atoms with Crippen molar-refractivity contribution in [2.75, 3.05) is 6.54 Å². The molecule has 0 bridgehead atoms. The molecule has 5 heteroatoms. The average Bonchev–Trinajstić information content (AvgIpc) is 2.94. The van der Waals surface area contributed by atoms with E-state index < -0.39 is 0 Å². The van der Waals surface area contributed by atoms with Gasteiger partial charge in [-0.05, 0) is 36.8 Å². The number of benzene rings is 2. The van der Waals surface area contributed by atoms with Gasteiger partial charge in [0, 0.05) is 23.0 Å². The van der Waals surface area contributed by atoms with Crippen molar-refractivity contribution in [3.05, 3.63) is 64.4 Å². The SMILES string of the molecule is O=C(NCCCc1nc2ccccc2[nH]1)c1cccc(Br)c1. The molecule has 1 heterocycles. The summed E-state index contributed by atoms with van der Waals surface area (Å²) in [4.78, 5) is 19.8. The van der Waals surface area contributed by atoms with Gasteiger partial charge in [0.15, 0.2) is 0 Å². The molecule has 2 N–H and O–H groups in total. The number of rotatable bonds is 5. The molecule has 1 aromatic heterocycles. The van der Waals surface area contributed by atoms with Crippen LogP contribution in [-0.2, 0) is 6.42 Å². The third-order valence-corrected chi connectivity index (χ3v) is 3.89. The van der Waals surface area contributed by atoms with Crippen LogP contribution >= 0.6 is 15.9 Å². The Bertz CT molecular complexity index is 764. The van der Waals surface area contributed by atoms with Gasteiger partial charge in [-0.1, -0.05) is 34.1 Å². The minimum absolute atomic E-state index is 0.0501. The first-order valence-electron chi connectivity index (χ1n) is 7.20. The Hall–Kier alpha value is -2.14. The quantitative estimate of drug-likeness (QED) is 0.684. The van der Waals surface area contributed by atoms with E-state index in [1.807, 2.05) is 42.5 Å². The second-order valence-corrected chi connectivity index (χ2v) is 5.99. The molecule has 22 heavy (non-hydrogen) atoms. The number of hydrogen-bond acceptors (Lipinski definition) is 2. The van der Waals surface area contributed by atoms with Crippen molar-refractivity contribution in [3.8, 4) is 0 Å². The van der Waals surface area contributed by atoms with E-state index >= 15 is 0 Å². The molecule has 0 radical (unpaired) electrons. The van der Waals surface area contributed by atoms with E-state index in [4.69, 9.17) is 0 Å². The summed E-state index contributed by atoms with van der Waals surface area (Å²) in [5.41, 5.74) is 2.70. The van der Waals surface area contributed by atoms with Gasteiger partial charge < -0.3 is 10.3 Å². The third-order valence-electron chi connectivity index (χ3n) is 3.40. The molecule has 0 saturated heterocycles. The maximum atomic E-state index is 12.0. The lowest BCUT2D eigenvalue weighted by atomic mass is 10.2. The summed E-state index contributed by atoms with van der Waals surface area (Å²) in [5, 5.41) is 2.93. The number of para-hydroxylation sites is 2. The molecule has 0 atom stereocenters. The molecule has 0 aliphatic carbocycles. The molecule has 0 unspecified atom stereocenters. The molecule has 3 aromatic rings. The number of aromatic amines is 1. The summed E-state index contributed by atoms with van der Waals surface area (Å²) in [6.07, 6.45) is 1.66. The van der Waals surface area contributed by atoms with Crippen molar-refractivity contribution in [3.63, 3.8) is 0 Å². The van der Waals surface area contributed by atoms with Crippen molar-refractivity contribution in [1.29, 1.82) is 0 Å². The predicted octanol–water partition coefficient (Wildman–Crippen LogP) is 3.69. The Morgan fingerprint density at radius 3 is 2.86 bits per heavy atom. The Kier molecular flexibility index (Phi) is 4.53. The van der Waals surface area contributed by atoms with Crippen LogP contribution in [0.25, 0.3) is 11.0 Å². The summed E-state index contributed by atoms with van der Waals surface area (Å²) in [6.45, 7) is 0.627. The van der Waals surface area contributed by atoms with Crippen LogP contribution < -0.4 is 5.32 Å². The molecule has 0 saturated carbocycles. The molecule has 0 fully saturated rings. The van der Waals surface area contributed by atoms with E-state index in [1.165, 1.54) is 0 Å². The number of fused-ring (bicyclic) bond motifs is 1. The lowest BCUT2D eigenvalue weighted by molar-refractivity contribution is 0.0953. The highest BCUT2D eigenvalue weighted by Gasteiger charge is 2.06. The fraction of sp³-hybridized carbons (Fsp3) is 0.176. The van der Waals surface area contributed by atoms with Gasteiger partial charge in [-0.2, -0.15) is 0 Å². The van der Waals surface area contributed by atoms with Gasteiger partial charge in [0.2, 0.25) is 0 Å². The number of imidazole rings is 1. The molecule has 3 rings (SSSR count). The van der Waals surface area contributed by atoms with E-state index in [0.29, 0.717) is 12.1 Å². The zero-order chi connectivity index (χ0) is 15.4. The smallest absolute Gasteiger partial charge is 0.251 e. The van der Waals surface area contributed by atoms with Crippen LogP contribution in [-0.4, -0.2) is 22.4 Å². The first kappa shape index (κ1) is 14.8. The molecule has 0 spiro atoms. The Labute approximate surface area is 137 Å². The molecule has 112 valence electrons.